The third-order valence-corrected chi connectivity index (χ3v) is 6.85. The van der Waals surface area contributed by atoms with Gasteiger partial charge in [0.25, 0.3) is 0 Å². The molecule has 1 aliphatic heterocycles. The Morgan fingerprint density at radius 1 is 1.23 bits per heavy atom. The van der Waals surface area contributed by atoms with Crippen LogP contribution in [-0.2, 0) is 14.8 Å². The van der Waals surface area contributed by atoms with Gasteiger partial charge in [0.1, 0.15) is 0 Å². The van der Waals surface area contributed by atoms with Crippen molar-refractivity contribution >= 4 is 10.0 Å². The van der Waals surface area contributed by atoms with Crippen molar-refractivity contribution in [3.05, 3.63) is 29.8 Å². The van der Waals surface area contributed by atoms with Crippen LogP contribution in [0.5, 0.6) is 0 Å². The van der Waals surface area contributed by atoms with Gasteiger partial charge in [-0.2, -0.15) is 9.57 Å². The van der Waals surface area contributed by atoms with Crippen molar-refractivity contribution in [3.8, 4) is 6.07 Å². The topological polar surface area (TPSA) is 73.6 Å². The number of hydrogen-bond acceptors (Lipinski definition) is 5. The van der Waals surface area contributed by atoms with E-state index in [1.165, 1.54) is 4.31 Å². The Labute approximate surface area is 157 Å². The Bertz CT molecular complexity index is 692. The molecule has 0 amide bonds. The zero-order valence-corrected chi connectivity index (χ0v) is 16.5. The minimum absolute atomic E-state index is 0.188. The summed E-state index contributed by atoms with van der Waals surface area (Å²) < 4.78 is 32.8. The highest BCUT2D eigenvalue weighted by atomic mass is 32.2. The molecule has 7 heteroatoms. The first-order valence-corrected chi connectivity index (χ1v) is 10.7. The van der Waals surface area contributed by atoms with Crippen molar-refractivity contribution in [3.63, 3.8) is 0 Å². The number of benzene rings is 1. The molecule has 2 rings (SSSR count). The molecule has 1 aliphatic rings. The molecule has 0 saturated carbocycles. The number of hydrogen-bond donors (Lipinski definition) is 0. The summed E-state index contributed by atoms with van der Waals surface area (Å²) in [6.07, 6.45) is 1.20. The van der Waals surface area contributed by atoms with E-state index in [1.54, 1.807) is 12.1 Å². The van der Waals surface area contributed by atoms with Gasteiger partial charge in [-0.05, 0) is 30.0 Å². The van der Waals surface area contributed by atoms with Gasteiger partial charge in [0.05, 0.1) is 24.2 Å². The SMILES string of the molecule is CC[C@H](C)c1ccc(S(=O)(=O)N(CCC#N)CCN2CCOCC2)cc1. The highest BCUT2D eigenvalue weighted by Gasteiger charge is 2.25. The van der Waals surface area contributed by atoms with Crippen molar-refractivity contribution in [2.24, 2.45) is 0 Å². The number of sulfonamides is 1. The van der Waals surface area contributed by atoms with Crippen LogP contribution in [0.4, 0.5) is 0 Å². The first-order valence-electron chi connectivity index (χ1n) is 9.26. The first kappa shape index (κ1) is 20.8. The van der Waals surface area contributed by atoms with Crippen LogP contribution in [0, 0.1) is 11.3 Å². The van der Waals surface area contributed by atoms with Gasteiger partial charge in [0, 0.05) is 39.1 Å². The van der Waals surface area contributed by atoms with Crippen LogP contribution in [0.25, 0.3) is 0 Å². The summed E-state index contributed by atoms with van der Waals surface area (Å²) in [6, 6.07) is 9.21. The van der Waals surface area contributed by atoms with Crippen LogP contribution in [0.3, 0.4) is 0 Å². The normalized spacial score (nSPS) is 17.2. The van der Waals surface area contributed by atoms with Crippen LogP contribution < -0.4 is 0 Å². The van der Waals surface area contributed by atoms with E-state index in [-0.39, 0.29) is 13.0 Å². The molecule has 0 bridgehead atoms. The van der Waals surface area contributed by atoms with Crippen molar-refractivity contribution in [1.29, 1.82) is 5.26 Å². The van der Waals surface area contributed by atoms with Gasteiger partial charge in [0.2, 0.25) is 10.0 Å². The quantitative estimate of drug-likeness (QED) is 0.659. The van der Waals surface area contributed by atoms with Crippen molar-refractivity contribution < 1.29 is 13.2 Å². The summed E-state index contributed by atoms with van der Waals surface area (Å²) in [4.78, 5) is 2.49. The van der Waals surface area contributed by atoms with Gasteiger partial charge in [-0.25, -0.2) is 8.42 Å². The Hall–Kier alpha value is -1.46. The van der Waals surface area contributed by atoms with Gasteiger partial charge in [-0.1, -0.05) is 26.0 Å². The number of nitriles is 1. The zero-order chi connectivity index (χ0) is 19.0. The number of rotatable bonds is 9. The maximum atomic E-state index is 13.0. The maximum absolute atomic E-state index is 13.0. The van der Waals surface area contributed by atoms with Gasteiger partial charge in [-0.3, -0.25) is 4.90 Å². The Balaban J connectivity index is 2.11. The Morgan fingerprint density at radius 2 is 1.88 bits per heavy atom. The third-order valence-electron chi connectivity index (χ3n) is 4.94. The number of nitrogens with zero attached hydrogens (tertiary/aromatic N) is 3. The molecule has 26 heavy (non-hydrogen) atoms. The Kier molecular flexibility index (Phi) is 8.04. The molecular formula is C19H29N3O3S. The molecule has 6 nitrogen and oxygen atoms in total. The summed E-state index contributed by atoms with van der Waals surface area (Å²) in [6.45, 7) is 8.50. The summed E-state index contributed by atoms with van der Waals surface area (Å²) in [5.74, 6) is 0.405. The van der Waals surface area contributed by atoms with E-state index in [0.29, 0.717) is 37.1 Å². The van der Waals surface area contributed by atoms with Crippen LogP contribution >= 0.6 is 0 Å². The lowest BCUT2D eigenvalue weighted by Crippen LogP contribution is -2.43. The van der Waals surface area contributed by atoms with E-state index in [0.717, 1.165) is 25.1 Å². The van der Waals surface area contributed by atoms with E-state index in [4.69, 9.17) is 10.00 Å². The largest absolute Gasteiger partial charge is 0.379 e. The zero-order valence-electron chi connectivity index (χ0n) is 15.7. The molecule has 1 saturated heterocycles. The molecule has 1 aromatic rings. The summed E-state index contributed by atoms with van der Waals surface area (Å²) >= 11 is 0. The lowest BCUT2D eigenvalue weighted by atomic mass is 9.99. The number of ether oxygens (including phenoxy) is 1. The monoisotopic (exact) mass is 379 g/mol. The molecular weight excluding hydrogens is 350 g/mol. The van der Waals surface area contributed by atoms with Crippen LogP contribution in [-0.4, -0.2) is 63.6 Å². The van der Waals surface area contributed by atoms with Crippen molar-refractivity contribution in [1.82, 2.24) is 9.21 Å². The molecule has 1 aromatic carbocycles. The molecule has 1 atom stereocenters. The highest BCUT2D eigenvalue weighted by molar-refractivity contribution is 7.89. The standard InChI is InChI=1S/C19H29N3O3S/c1-3-17(2)18-5-7-19(8-6-18)26(23,24)22(10-4-9-20)12-11-21-13-15-25-16-14-21/h5-8,17H,3-4,10-16H2,1-2H3/t17-/m0/s1. The smallest absolute Gasteiger partial charge is 0.243 e. The van der Waals surface area contributed by atoms with E-state index >= 15 is 0 Å². The van der Waals surface area contributed by atoms with E-state index in [9.17, 15) is 8.42 Å². The molecule has 0 aromatic heterocycles. The summed E-state index contributed by atoms with van der Waals surface area (Å²) in [5, 5.41) is 8.89. The van der Waals surface area contributed by atoms with Gasteiger partial charge in [0.15, 0.2) is 0 Å². The highest BCUT2D eigenvalue weighted by Crippen LogP contribution is 2.22. The van der Waals surface area contributed by atoms with Crippen LogP contribution in [0.2, 0.25) is 0 Å². The molecule has 144 valence electrons. The second-order valence-corrected chi connectivity index (χ2v) is 8.58. The lowest BCUT2D eigenvalue weighted by molar-refractivity contribution is 0.0363. The fourth-order valence-corrected chi connectivity index (χ4v) is 4.39. The van der Waals surface area contributed by atoms with E-state index in [2.05, 4.69) is 24.8 Å². The second kappa shape index (κ2) is 10.0. The average Bonchev–Trinajstić information content (AvgIpc) is 2.68. The minimum atomic E-state index is -3.60. The number of morpholine rings is 1. The molecule has 1 heterocycles. The minimum Gasteiger partial charge on any atom is -0.379 e. The average molecular weight is 380 g/mol. The predicted molar refractivity (Wildman–Crippen MR) is 101 cm³/mol. The molecule has 0 spiro atoms. The van der Waals surface area contributed by atoms with E-state index < -0.39 is 10.0 Å². The first-order chi connectivity index (χ1) is 12.5. The van der Waals surface area contributed by atoms with Gasteiger partial charge in [-0.15, -0.1) is 0 Å². The molecule has 0 aliphatic carbocycles. The second-order valence-electron chi connectivity index (χ2n) is 6.64. The molecule has 0 unspecified atom stereocenters. The fraction of sp³-hybridized carbons (Fsp3) is 0.632. The van der Waals surface area contributed by atoms with Crippen molar-refractivity contribution in [2.75, 3.05) is 45.9 Å². The summed E-state index contributed by atoms with van der Waals surface area (Å²) in [5.41, 5.74) is 1.14. The molecule has 0 radical (unpaired) electrons. The van der Waals surface area contributed by atoms with Crippen molar-refractivity contribution in [2.45, 2.75) is 37.5 Å². The van der Waals surface area contributed by atoms with Gasteiger partial charge < -0.3 is 4.74 Å². The molecule has 1 fully saturated rings. The molecule has 0 N–H and O–H groups in total. The maximum Gasteiger partial charge on any atom is 0.243 e. The third kappa shape index (κ3) is 5.52. The van der Waals surface area contributed by atoms with Crippen LogP contribution in [0.1, 0.15) is 38.2 Å². The van der Waals surface area contributed by atoms with E-state index in [1.807, 2.05) is 12.1 Å². The lowest BCUT2D eigenvalue weighted by Gasteiger charge is -2.29. The predicted octanol–water partition coefficient (Wildman–Crippen LogP) is 2.44. The Morgan fingerprint density at radius 3 is 2.46 bits per heavy atom. The fourth-order valence-electron chi connectivity index (χ4n) is 2.96. The van der Waals surface area contributed by atoms with Gasteiger partial charge >= 0.3 is 0 Å². The van der Waals surface area contributed by atoms with Crippen LogP contribution in [0.15, 0.2) is 29.2 Å². The summed E-state index contributed by atoms with van der Waals surface area (Å²) in [7, 11) is -3.60.